The number of quaternary nitrogens is 2. The molecule has 88 heavy (non-hydrogen) atoms. The van der Waals surface area contributed by atoms with Crippen LogP contribution >= 0.6 is 0 Å². The molecular formula is C82H168N2O4. The van der Waals surface area contributed by atoms with Gasteiger partial charge < -0.3 is 28.8 Å². The van der Waals surface area contributed by atoms with Gasteiger partial charge in [-0.05, 0) is 77.0 Å². The molecule has 0 unspecified atom stereocenters. The minimum Gasteiger partial charge on any atom is -0.550 e. The maximum absolute atomic E-state index is 9.77. The fourth-order valence-electron chi connectivity index (χ4n) is 13.1. The first kappa shape index (κ1) is 91.1. The molecule has 530 valence electrons. The number of nitrogens with zero attached hydrogens (tertiary/aromatic N) is 2. The van der Waals surface area contributed by atoms with E-state index in [0.717, 1.165) is 0 Å². The predicted octanol–water partition coefficient (Wildman–Crippen LogP) is 25.2. The molecule has 0 amide bonds. The summed E-state index contributed by atoms with van der Waals surface area (Å²) in [6.07, 6.45) is 94.4. The summed E-state index contributed by atoms with van der Waals surface area (Å²) in [5, 5.41) is 19.5. The Morgan fingerprint density at radius 3 is 0.386 bits per heavy atom. The number of carboxylic acids is 2. The SMILES string of the molecule is CCCCCCCCCCCCCCCCCC[N+](C)(C)CCCCCCCCCCCCCCCCCC.CCCCCCCCCCCCCCCCCC[N+](C)(C)CCCCCCCCCCCCCCCCCC.O=C([O-])CCCCC(=O)[O-]. The van der Waals surface area contributed by atoms with Crippen LogP contribution in [-0.2, 0) is 9.59 Å². The highest BCUT2D eigenvalue weighted by molar-refractivity contribution is 5.65. The third-order valence-electron chi connectivity index (χ3n) is 19.5. The average Bonchev–Trinajstić information content (AvgIpc) is 3.50. The van der Waals surface area contributed by atoms with Crippen molar-refractivity contribution in [1.82, 2.24) is 0 Å². The summed E-state index contributed by atoms with van der Waals surface area (Å²) in [6.45, 7) is 14.8. The first-order valence-corrected chi connectivity index (χ1v) is 40.9. The van der Waals surface area contributed by atoms with Crippen molar-refractivity contribution in [2.75, 3.05) is 54.4 Å². The molecule has 0 atom stereocenters. The molecule has 0 aliphatic heterocycles. The Balaban J connectivity index is -0.00000142. The van der Waals surface area contributed by atoms with Crippen LogP contribution < -0.4 is 10.2 Å². The maximum atomic E-state index is 9.77. The van der Waals surface area contributed by atoms with Crippen LogP contribution in [0.2, 0.25) is 0 Å². The normalized spacial score (nSPS) is 11.7. The molecule has 0 rings (SSSR count). The van der Waals surface area contributed by atoms with Crippen LogP contribution in [0.15, 0.2) is 0 Å². The van der Waals surface area contributed by atoms with Gasteiger partial charge in [-0.1, -0.05) is 387 Å². The lowest BCUT2D eigenvalue weighted by Crippen LogP contribution is -2.41. The predicted molar refractivity (Wildman–Crippen MR) is 390 cm³/mol. The van der Waals surface area contributed by atoms with E-state index in [1.807, 2.05) is 0 Å². The second-order valence-corrected chi connectivity index (χ2v) is 29.9. The highest BCUT2D eigenvalue weighted by Gasteiger charge is 2.15. The van der Waals surface area contributed by atoms with Crippen LogP contribution in [0, 0.1) is 0 Å². The molecule has 0 aromatic heterocycles. The number of rotatable bonds is 73. The van der Waals surface area contributed by atoms with Crippen LogP contribution in [0.5, 0.6) is 0 Å². The highest BCUT2D eigenvalue weighted by atomic mass is 16.4. The van der Waals surface area contributed by atoms with Gasteiger partial charge in [-0.3, -0.25) is 0 Å². The Labute approximate surface area is 556 Å². The number of carbonyl (C=O) groups excluding carboxylic acids is 2. The standard InChI is InChI=1S/2C38H80N.C6H10O4/c2*1-5-7-9-11-13-15-17-19-21-23-25-27-29-31-33-35-37-39(3,4)38-36-34-32-30-28-26-24-22-20-18-16-14-12-10-8-6-2;7-5(8)3-1-2-4-6(9)10/h2*5-38H2,1-4H3;1-4H2,(H,7,8)(H,9,10)/q2*+1;/p-2. The van der Waals surface area contributed by atoms with Crippen LogP contribution in [0.4, 0.5) is 0 Å². The first-order valence-electron chi connectivity index (χ1n) is 40.9. The molecule has 0 aromatic rings. The first-order chi connectivity index (χ1) is 42.9. The molecule has 0 spiro atoms. The number of aliphatic carboxylic acids is 2. The molecule has 0 saturated heterocycles. The molecule has 0 fully saturated rings. The Kier molecular flexibility index (Phi) is 81.0. The van der Waals surface area contributed by atoms with Gasteiger partial charge in [0.05, 0.1) is 54.4 Å². The molecule has 0 radical (unpaired) electrons. The van der Waals surface area contributed by atoms with Crippen molar-refractivity contribution in [2.45, 2.75) is 464 Å². The van der Waals surface area contributed by atoms with Gasteiger partial charge in [0.2, 0.25) is 0 Å². The van der Waals surface area contributed by atoms with E-state index in [4.69, 9.17) is 0 Å². The second kappa shape index (κ2) is 78.3. The average molecular weight is 1250 g/mol. The number of carbonyl (C=O) groups is 2. The number of carboxylic acid groups (broad SMARTS) is 2. The quantitative estimate of drug-likeness (QED) is 0.0449. The lowest BCUT2D eigenvalue weighted by atomic mass is 10.0. The van der Waals surface area contributed by atoms with E-state index in [-0.39, 0.29) is 12.8 Å². The van der Waals surface area contributed by atoms with E-state index in [0.29, 0.717) is 12.8 Å². The second-order valence-electron chi connectivity index (χ2n) is 29.9. The maximum Gasteiger partial charge on any atom is 0.0782 e. The van der Waals surface area contributed by atoms with Gasteiger partial charge in [-0.2, -0.15) is 0 Å². The van der Waals surface area contributed by atoms with Gasteiger partial charge in [-0.25, -0.2) is 0 Å². The van der Waals surface area contributed by atoms with Crippen molar-refractivity contribution < 1.29 is 28.8 Å². The van der Waals surface area contributed by atoms with Crippen LogP contribution in [0.3, 0.4) is 0 Å². The third-order valence-corrected chi connectivity index (χ3v) is 19.5. The third kappa shape index (κ3) is 89.1. The summed E-state index contributed by atoms with van der Waals surface area (Å²) < 4.78 is 2.49. The van der Waals surface area contributed by atoms with Gasteiger partial charge >= 0.3 is 0 Å². The van der Waals surface area contributed by atoms with Crippen molar-refractivity contribution in [1.29, 1.82) is 0 Å². The van der Waals surface area contributed by atoms with E-state index in [2.05, 4.69) is 55.9 Å². The summed E-state index contributed by atoms with van der Waals surface area (Å²) >= 11 is 0. The van der Waals surface area contributed by atoms with Gasteiger partial charge in [0, 0.05) is 11.9 Å². The van der Waals surface area contributed by atoms with Crippen molar-refractivity contribution in [2.24, 2.45) is 0 Å². The zero-order valence-electron chi connectivity index (χ0n) is 62.4. The number of unbranched alkanes of at least 4 members (excludes halogenated alkanes) is 61. The molecule has 0 saturated carbocycles. The van der Waals surface area contributed by atoms with Crippen molar-refractivity contribution in [3.63, 3.8) is 0 Å². The van der Waals surface area contributed by atoms with Crippen LogP contribution in [0.25, 0.3) is 0 Å². The van der Waals surface area contributed by atoms with E-state index in [1.54, 1.807) is 0 Å². The van der Waals surface area contributed by atoms with E-state index in [1.165, 1.54) is 446 Å². The lowest BCUT2D eigenvalue weighted by molar-refractivity contribution is -0.890. The van der Waals surface area contributed by atoms with E-state index < -0.39 is 11.9 Å². The molecule has 0 bridgehead atoms. The zero-order valence-corrected chi connectivity index (χ0v) is 62.4. The Hall–Kier alpha value is -1.14. The van der Waals surface area contributed by atoms with E-state index in [9.17, 15) is 19.8 Å². The minimum absolute atomic E-state index is 0.0761. The van der Waals surface area contributed by atoms with E-state index >= 15 is 0 Å². The molecular weight excluding hydrogens is 1080 g/mol. The number of hydrogen-bond acceptors (Lipinski definition) is 4. The highest BCUT2D eigenvalue weighted by Crippen LogP contribution is 2.20. The molecule has 0 aliphatic carbocycles. The van der Waals surface area contributed by atoms with Crippen molar-refractivity contribution in [3.8, 4) is 0 Å². The van der Waals surface area contributed by atoms with Gasteiger partial charge in [0.25, 0.3) is 0 Å². The summed E-state index contributed by atoms with van der Waals surface area (Å²) in [7, 11) is 9.87. The lowest BCUT2D eigenvalue weighted by Gasteiger charge is -2.30. The minimum atomic E-state index is -1.14. The smallest absolute Gasteiger partial charge is 0.0782 e. The van der Waals surface area contributed by atoms with Gasteiger partial charge in [0.1, 0.15) is 0 Å². The Bertz CT molecular complexity index is 1110. The topological polar surface area (TPSA) is 80.3 Å². The van der Waals surface area contributed by atoms with Gasteiger partial charge in [0.15, 0.2) is 0 Å². The molecule has 0 N–H and O–H groups in total. The summed E-state index contributed by atoms with van der Waals surface area (Å²) in [6, 6.07) is 0. The van der Waals surface area contributed by atoms with Gasteiger partial charge in [-0.15, -0.1) is 0 Å². The molecule has 6 nitrogen and oxygen atoms in total. The largest absolute Gasteiger partial charge is 0.550 e. The molecule has 6 heteroatoms. The fourth-order valence-corrected chi connectivity index (χ4v) is 13.1. The van der Waals surface area contributed by atoms with Crippen molar-refractivity contribution in [3.05, 3.63) is 0 Å². The fraction of sp³-hybridized carbons (Fsp3) is 0.976. The van der Waals surface area contributed by atoms with Crippen LogP contribution in [-0.4, -0.2) is 75.3 Å². The summed E-state index contributed by atoms with van der Waals surface area (Å²) in [5.74, 6) is -2.28. The zero-order chi connectivity index (χ0) is 65.1. The monoisotopic (exact) mass is 1250 g/mol. The number of hydrogen-bond donors (Lipinski definition) is 0. The molecule has 0 aliphatic rings. The summed E-state index contributed by atoms with van der Waals surface area (Å²) in [5.41, 5.74) is 0. The van der Waals surface area contributed by atoms with Crippen molar-refractivity contribution >= 4 is 11.9 Å². The Morgan fingerprint density at radius 1 is 0.182 bits per heavy atom. The molecule has 0 aromatic carbocycles. The Morgan fingerprint density at radius 2 is 0.284 bits per heavy atom. The molecule has 0 heterocycles. The summed E-state index contributed by atoms with van der Waals surface area (Å²) in [4.78, 5) is 19.5. The van der Waals surface area contributed by atoms with Crippen LogP contribution in [0.1, 0.15) is 464 Å².